The number of amides is 4. The molecule has 0 saturated heterocycles. The second-order valence-electron chi connectivity index (χ2n) is 7.19. The van der Waals surface area contributed by atoms with E-state index in [1.54, 1.807) is 0 Å². The number of aliphatic carboxylic acids is 2. The molecule has 0 aliphatic heterocycles. The van der Waals surface area contributed by atoms with Crippen LogP contribution in [-0.2, 0) is 35.2 Å². The number of carbonyl (C=O) groups excluding carboxylic acids is 4. The lowest BCUT2D eigenvalue weighted by Crippen LogP contribution is -2.58. The lowest BCUT2D eigenvalue weighted by molar-refractivity contribution is -0.143. The summed E-state index contributed by atoms with van der Waals surface area (Å²) in [7, 11) is 0. The molecule has 4 unspecified atom stereocenters. The fourth-order valence-corrected chi connectivity index (χ4v) is 2.61. The van der Waals surface area contributed by atoms with Crippen molar-refractivity contribution in [2.45, 2.75) is 56.8 Å². The van der Waals surface area contributed by atoms with Crippen molar-refractivity contribution in [3.8, 4) is 0 Å². The molecule has 0 spiro atoms. The van der Waals surface area contributed by atoms with E-state index in [9.17, 15) is 33.9 Å². The fraction of sp³-hybridized carbons (Fsp3) is 0.500. The van der Waals surface area contributed by atoms with E-state index in [1.807, 2.05) is 0 Å². The molecule has 0 fully saturated rings. The molecule has 1 aromatic heterocycles. The number of aromatic nitrogens is 2. The predicted octanol–water partition coefficient (Wildman–Crippen LogP) is -3.42. The number of primary amides is 1. The van der Waals surface area contributed by atoms with Crippen LogP contribution in [0.15, 0.2) is 12.5 Å². The molecule has 33 heavy (non-hydrogen) atoms. The van der Waals surface area contributed by atoms with Gasteiger partial charge in [0.15, 0.2) is 0 Å². The second-order valence-corrected chi connectivity index (χ2v) is 7.19. The molecule has 0 saturated carbocycles. The van der Waals surface area contributed by atoms with Gasteiger partial charge in [-0.05, 0) is 13.3 Å². The van der Waals surface area contributed by atoms with Crippen molar-refractivity contribution in [2.24, 2.45) is 11.5 Å². The maximum atomic E-state index is 12.8. The summed E-state index contributed by atoms with van der Waals surface area (Å²) in [5.74, 6) is -6.25. The van der Waals surface area contributed by atoms with E-state index in [-0.39, 0.29) is 6.42 Å². The Balaban J connectivity index is 3.05. The Hall–Kier alpha value is -4.01. The molecule has 0 aliphatic rings. The topological polar surface area (TPSA) is 260 Å². The van der Waals surface area contributed by atoms with E-state index >= 15 is 0 Å². The molecular formula is C18H27N7O8. The number of rotatable bonds is 14. The van der Waals surface area contributed by atoms with Crippen LogP contribution >= 0.6 is 0 Å². The van der Waals surface area contributed by atoms with Gasteiger partial charge in [-0.3, -0.25) is 24.0 Å². The van der Waals surface area contributed by atoms with Crippen LogP contribution in [0.25, 0.3) is 0 Å². The number of nitrogens with one attached hydrogen (secondary N) is 4. The molecule has 1 aromatic rings. The van der Waals surface area contributed by atoms with Crippen LogP contribution in [0.4, 0.5) is 0 Å². The van der Waals surface area contributed by atoms with Gasteiger partial charge < -0.3 is 42.6 Å². The first-order valence-electron chi connectivity index (χ1n) is 9.77. The third-order valence-electron chi connectivity index (χ3n) is 4.33. The highest BCUT2D eigenvalue weighted by molar-refractivity contribution is 5.96. The maximum absolute atomic E-state index is 12.8. The van der Waals surface area contributed by atoms with Crippen molar-refractivity contribution >= 4 is 35.6 Å². The SMILES string of the molecule is CC(N)C(=O)NC(CC(N)=O)C(=O)NC(Cc1cnc[nH]1)C(=O)NC(CCC(=O)O)C(=O)O. The van der Waals surface area contributed by atoms with Gasteiger partial charge in [-0.15, -0.1) is 0 Å². The van der Waals surface area contributed by atoms with Gasteiger partial charge in [0.1, 0.15) is 18.1 Å². The Morgan fingerprint density at radius 2 is 1.58 bits per heavy atom. The monoisotopic (exact) mass is 469 g/mol. The largest absolute Gasteiger partial charge is 0.481 e. The summed E-state index contributed by atoms with van der Waals surface area (Å²) in [5, 5.41) is 24.8. The van der Waals surface area contributed by atoms with E-state index in [1.165, 1.54) is 19.4 Å². The number of H-pyrrole nitrogens is 1. The molecule has 4 amide bonds. The summed E-state index contributed by atoms with van der Waals surface area (Å²) in [6, 6.07) is -5.34. The van der Waals surface area contributed by atoms with Gasteiger partial charge in [0, 0.05) is 24.7 Å². The van der Waals surface area contributed by atoms with Crippen molar-refractivity contribution in [1.82, 2.24) is 25.9 Å². The summed E-state index contributed by atoms with van der Waals surface area (Å²) < 4.78 is 0. The van der Waals surface area contributed by atoms with Gasteiger partial charge in [0.2, 0.25) is 23.6 Å². The molecular weight excluding hydrogens is 442 g/mol. The second kappa shape index (κ2) is 12.7. The molecule has 182 valence electrons. The highest BCUT2D eigenvalue weighted by atomic mass is 16.4. The van der Waals surface area contributed by atoms with Crippen LogP contribution in [-0.4, -0.2) is 79.9 Å². The number of nitrogens with zero attached hydrogens (tertiary/aromatic N) is 1. The minimum absolute atomic E-state index is 0.159. The summed E-state index contributed by atoms with van der Waals surface area (Å²) in [6.07, 6.45) is 1.03. The van der Waals surface area contributed by atoms with Crippen LogP contribution in [0.5, 0.6) is 0 Å². The normalized spacial score (nSPS) is 14.2. The van der Waals surface area contributed by atoms with Crippen molar-refractivity contribution in [3.05, 3.63) is 18.2 Å². The summed E-state index contributed by atoms with van der Waals surface area (Å²) in [5.41, 5.74) is 11.0. The first-order chi connectivity index (χ1) is 15.4. The molecule has 0 aromatic carbocycles. The standard InChI is InChI=1S/C18H27N7O8/c1-8(19)15(29)24-12(5-13(20)26)17(31)25-11(4-9-6-21-7-22-9)16(30)23-10(18(32)33)2-3-14(27)28/h6-8,10-12H,2-5,19H2,1H3,(H2,20,26)(H,21,22)(H,23,30)(H,24,29)(H,25,31)(H,27,28)(H,32,33). The van der Waals surface area contributed by atoms with Crippen LogP contribution in [0.3, 0.4) is 0 Å². The van der Waals surface area contributed by atoms with Gasteiger partial charge in [-0.25, -0.2) is 9.78 Å². The van der Waals surface area contributed by atoms with Crippen LogP contribution in [0, 0.1) is 0 Å². The third kappa shape index (κ3) is 9.77. The first kappa shape index (κ1) is 27.0. The first-order valence-corrected chi connectivity index (χ1v) is 9.77. The number of carbonyl (C=O) groups is 6. The van der Waals surface area contributed by atoms with Crippen molar-refractivity contribution in [1.29, 1.82) is 0 Å². The minimum atomic E-state index is -1.53. The average molecular weight is 469 g/mol. The van der Waals surface area contributed by atoms with Gasteiger partial charge in [0.25, 0.3) is 0 Å². The molecule has 15 heteroatoms. The van der Waals surface area contributed by atoms with Crippen LogP contribution in [0.2, 0.25) is 0 Å². The van der Waals surface area contributed by atoms with Crippen LogP contribution < -0.4 is 27.4 Å². The maximum Gasteiger partial charge on any atom is 0.326 e. The zero-order chi connectivity index (χ0) is 25.1. The Bertz CT molecular complexity index is 871. The van der Waals surface area contributed by atoms with E-state index in [4.69, 9.17) is 16.6 Å². The zero-order valence-electron chi connectivity index (χ0n) is 17.7. The lowest BCUT2D eigenvalue weighted by Gasteiger charge is -2.24. The fourth-order valence-electron chi connectivity index (χ4n) is 2.61. The minimum Gasteiger partial charge on any atom is -0.481 e. The van der Waals surface area contributed by atoms with E-state index in [2.05, 4.69) is 25.9 Å². The van der Waals surface area contributed by atoms with Gasteiger partial charge >= 0.3 is 11.9 Å². The predicted molar refractivity (Wildman–Crippen MR) is 110 cm³/mol. The summed E-state index contributed by atoms with van der Waals surface area (Å²) in [4.78, 5) is 77.4. The third-order valence-corrected chi connectivity index (χ3v) is 4.33. The van der Waals surface area contributed by atoms with Gasteiger partial charge in [-0.2, -0.15) is 0 Å². The molecule has 0 bridgehead atoms. The highest BCUT2D eigenvalue weighted by Gasteiger charge is 2.31. The number of imidazole rings is 1. The van der Waals surface area contributed by atoms with Crippen molar-refractivity contribution in [2.75, 3.05) is 0 Å². The van der Waals surface area contributed by atoms with E-state index < -0.39 is 79.0 Å². The number of hydrogen-bond acceptors (Lipinski definition) is 8. The zero-order valence-corrected chi connectivity index (χ0v) is 17.7. The number of carboxylic acids is 2. The van der Waals surface area contributed by atoms with Crippen LogP contribution in [0.1, 0.15) is 31.9 Å². The van der Waals surface area contributed by atoms with Gasteiger partial charge in [-0.1, -0.05) is 0 Å². The molecule has 0 radical (unpaired) electrons. The summed E-state index contributed by atoms with van der Waals surface area (Å²) in [6.45, 7) is 1.35. The van der Waals surface area contributed by atoms with Gasteiger partial charge in [0.05, 0.1) is 18.8 Å². The van der Waals surface area contributed by atoms with Crippen molar-refractivity contribution in [3.63, 3.8) is 0 Å². The number of nitrogens with two attached hydrogens (primary N) is 2. The number of hydrogen-bond donors (Lipinski definition) is 8. The molecule has 15 nitrogen and oxygen atoms in total. The Morgan fingerprint density at radius 3 is 2.06 bits per heavy atom. The smallest absolute Gasteiger partial charge is 0.326 e. The molecule has 4 atom stereocenters. The summed E-state index contributed by atoms with van der Waals surface area (Å²) >= 11 is 0. The highest BCUT2D eigenvalue weighted by Crippen LogP contribution is 2.04. The molecule has 0 aliphatic carbocycles. The quantitative estimate of drug-likeness (QED) is 0.134. The number of carboxylic acid groups (broad SMARTS) is 2. The average Bonchev–Trinajstić information content (AvgIpc) is 3.22. The van der Waals surface area contributed by atoms with E-state index in [0.717, 1.165) is 0 Å². The molecule has 1 heterocycles. The molecule has 10 N–H and O–H groups in total. The Kier molecular flexibility index (Phi) is 10.4. The van der Waals surface area contributed by atoms with Crippen molar-refractivity contribution < 1.29 is 39.0 Å². The molecule has 1 rings (SSSR count). The Morgan fingerprint density at radius 1 is 1.00 bits per heavy atom. The van der Waals surface area contributed by atoms with E-state index in [0.29, 0.717) is 5.69 Å². The number of aromatic amines is 1. The lowest BCUT2D eigenvalue weighted by atomic mass is 10.1. The Labute approximate surface area is 187 Å².